The molecule has 0 heterocycles. The summed E-state index contributed by atoms with van der Waals surface area (Å²) in [4.78, 5) is 2.59. The second kappa shape index (κ2) is 6.31. The van der Waals surface area contributed by atoms with E-state index in [-0.39, 0.29) is 6.67 Å². The van der Waals surface area contributed by atoms with Crippen LogP contribution in [-0.2, 0) is 0 Å². The van der Waals surface area contributed by atoms with E-state index in [0.717, 1.165) is 6.54 Å². The fourth-order valence-electron chi connectivity index (χ4n) is 0.977. The van der Waals surface area contributed by atoms with Gasteiger partial charge in [-0.25, -0.2) is 0 Å². The zero-order valence-electron chi connectivity index (χ0n) is 7.72. The molecule has 4 heteroatoms. The first kappa shape index (κ1) is 11.8. The van der Waals surface area contributed by atoms with Crippen molar-refractivity contribution in [2.75, 3.05) is 20.3 Å². The summed E-state index contributed by atoms with van der Waals surface area (Å²) < 4.78 is 11.8. The number of nitrogens with two attached hydrogens (primary N) is 1. The number of nitrogens with zero attached hydrogens (tertiary/aromatic N) is 1. The first-order valence-corrected chi connectivity index (χ1v) is 4.53. The van der Waals surface area contributed by atoms with Crippen molar-refractivity contribution in [1.82, 2.24) is 4.90 Å². The van der Waals surface area contributed by atoms with Gasteiger partial charge in [0, 0.05) is 19.0 Å². The lowest BCUT2D eigenvalue weighted by Gasteiger charge is -2.23. The van der Waals surface area contributed by atoms with Crippen molar-refractivity contribution in [3.05, 3.63) is 0 Å². The highest BCUT2D eigenvalue weighted by molar-refractivity contribution is 7.80. The van der Waals surface area contributed by atoms with E-state index >= 15 is 0 Å². The normalized spacial score (nSPS) is 13.3. The molecule has 0 aromatic heterocycles. The van der Waals surface area contributed by atoms with Crippen molar-refractivity contribution >= 4 is 17.2 Å². The molecule has 0 bridgehead atoms. The molecule has 1 atom stereocenters. The zero-order valence-corrected chi connectivity index (χ0v) is 8.53. The molecule has 0 aromatic carbocycles. The summed E-state index contributed by atoms with van der Waals surface area (Å²) in [5.41, 5.74) is 5.39. The molecule has 12 heavy (non-hydrogen) atoms. The van der Waals surface area contributed by atoms with Gasteiger partial charge in [0.25, 0.3) is 0 Å². The minimum absolute atomic E-state index is 0.260. The Labute approximate surface area is 78.9 Å². The predicted molar refractivity (Wildman–Crippen MR) is 54.1 cm³/mol. The van der Waals surface area contributed by atoms with Crippen LogP contribution in [0.2, 0.25) is 0 Å². The van der Waals surface area contributed by atoms with E-state index in [1.54, 1.807) is 0 Å². The van der Waals surface area contributed by atoms with E-state index in [4.69, 9.17) is 18.0 Å². The summed E-state index contributed by atoms with van der Waals surface area (Å²) in [5.74, 6) is 0. The Bertz CT molecular complexity index is 141. The van der Waals surface area contributed by atoms with Gasteiger partial charge in [-0.05, 0) is 20.4 Å². The van der Waals surface area contributed by atoms with Crippen molar-refractivity contribution in [1.29, 1.82) is 0 Å². The Morgan fingerprint density at radius 1 is 1.67 bits per heavy atom. The molecule has 0 saturated carbocycles. The van der Waals surface area contributed by atoms with Gasteiger partial charge < -0.3 is 10.6 Å². The van der Waals surface area contributed by atoms with Gasteiger partial charge in [0.1, 0.15) is 0 Å². The van der Waals surface area contributed by atoms with Crippen LogP contribution in [0.4, 0.5) is 4.39 Å². The summed E-state index contributed by atoms with van der Waals surface area (Å²) in [6, 6.07) is 0.314. The molecule has 1 unspecified atom stereocenters. The van der Waals surface area contributed by atoms with Gasteiger partial charge in [-0.1, -0.05) is 12.2 Å². The molecule has 0 radical (unpaired) electrons. The average molecular weight is 192 g/mol. The van der Waals surface area contributed by atoms with Crippen LogP contribution in [0.25, 0.3) is 0 Å². The van der Waals surface area contributed by atoms with Crippen molar-refractivity contribution < 1.29 is 4.39 Å². The Balaban J connectivity index is 3.60. The minimum atomic E-state index is -0.260. The average Bonchev–Trinajstić information content (AvgIpc) is 1.98. The topological polar surface area (TPSA) is 29.3 Å². The van der Waals surface area contributed by atoms with Gasteiger partial charge in [0.05, 0.1) is 11.7 Å². The van der Waals surface area contributed by atoms with Gasteiger partial charge in [0.15, 0.2) is 0 Å². The lowest BCUT2D eigenvalue weighted by molar-refractivity contribution is 0.250. The van der Waals surface area contributed by atoms with Crippen LogP contribution in [0.3, 0.4) is 0 Å². The number of alkyl halides is 1. The van der Waals surface area contributed by atoms with Gasteiger partial charge in [0.2, 0.25) is 0 Å². The molecule has 0 rings (SSSR count). The van der Waals surface area contributed by atoms with Crippen LogP contribution in [0, 0.1) is 0 Å². The van der Waals surface area contributed by atoms with Gasteiger partial charge >= 0.3 is 0 Å². The predicted octanol–water partition coefficient (Wildman–Crippen LogP) is 1.34. The van der Waals surface area contributed by atoms with Crippen molar-refractivity contribution in [3.63, 3.8) is 0 Å². The highest BCUT2D eigenvalue weighted by Gasteiger charge is 2.08. The molecule has 0 spiro atoms. The summed E-state index contributed by atoms with van der Waals surface area (Å²) in [6.45, 7) is 2.54. The highest BCUT2D eigenvalue weighted by atomic mass is 32.1. The van der Waals surface area contributed by atoms with E-state index in [2.05, 4.69) is 4.90 Å². The SMILES string of the molecule is CC(CC(N)=S)N(C)CCCF. The Kier molecular flexibility index (Phi) is 6.20. The Morgan fingerprint density at radius 3 is 2.67 bits per heavy atom. The quantitative estimate of drug-likeness (QED) is 0.644. The molecular weight excluding hydrogens is 175 g/mol. The largest absolute Gasteiger partial charge is 0.393 e. The van der Waals surface area contributed by atoms with Crippen LogP contribution < -0.4 is 5.73 Å². The molecule has 0 aromatic rings. The second-order valence-electron chi connectivity index (χ2n) is 3.04. The van der Waals surface area contributed by atoms with Crippen LogP contribution in [0.15, 0.2) is 0 Å². The third-order valence-corrected chi connectivity index (χ3v) is 2.06. The highest BCUT2D eigenvalue weighted by Crippen LogP contribution is 2.01. The fourth-order valence-corrected chi connectivity index (χ4v) is 1.22. The van der Waals surface area contributed by atoms with Crippen molar-refractivity contribution in [3.8, 4) is 0 Å². The minimum Gasteiger partial charge on any atom is -0.393 e. The molecule has 72 valence electrons. The van der Waals surface area contributed by atoms with Crippen LogP contribution in [0.1, 0.15) is 19.8 Å². The lowest BCUT2D eigenvalue weighted by atomic mass is 10.2. The van der Waals surface area contributed by atoms with Gasteiger partial charge in [-0.2, -0.15) is 0 Å². The van der Waals surface area contributed by atoms with E-state index in [0.29, 0.717) is 23.9 Å². The second-order valence-corrected chi connectivity index (χ2v) is 3.57. The molecule has 0 aliphatic carbocycles. The Morgan fingerprint density at radius 2 is 2.25 bits per heavy atom. The first-order valence-electron chi connectivity index (χ1n) is 4.12. The van der Waals surface area contributed by atoms with E-state index in [1.165, 1.54) is 0 Å². The van der Waals surface area contributed by atoms with Crippen molar-refractivity contribution in [2.24, 2.45) is 5.73 Å². The van der Waals surface area contributed by atoms with Gasteiger partial charge in [-0.3, -0.25) is 4.39 Å². The molecule has 0 aliphatic rings. The molecule has 0 aliphatic heterocycles. The maximum absolute atomic E-state index is 11.8. The third-order valence-electron chi connectivity index (χ3n) is 1.89. The number of hydrogen-bond acceptors (Lipinski definition) is 2. The van der Waals surface area contributed by atoms with E-state index in [9.17, 15) is 4.39 Å². The maximum atomic E-state index is 11.8. The summed E-state index contributed by atoms with van der Waals surface area (Å²) >= 11 is 4.78. The van der Waals surface area contributed by atoms with Crippen LogP contribution in [0.5, 0.6) is 0 Å². The van der Waals surface area contributed by atoms with E-state index < -0.39 is 0 Å². The standard InChI is InChI=1S/C8H17FN2S/c1-7(6-8(10)12)11(2)5-3-4-9/h7H,3-6H2,1-2H3,(H2,10,12). The number of rotatable bonds is 6. The monoisotopic (exact) mass is 192 g/mol. The van der Waals surface area contributed by atoms with Crippen LogP contribution >= 0.6 is 12.2 Å². The lowest BCUT2D eigenvalue weighted by Crippen LogP contribution is -2.33. The summed E-state index contributed by atoms with van der Waals surface area (Å²) in [5, 5.41) is 0. The first-order chi connectivity index (χ1) is 5.57. The van der Waals surface area contributed by atoms with Crippen LogP contribution in [-0.4, -0.2) is 36.2 Å². The number of thiocarbonyl (C=S) groups is 1. The third kappa shape index (κ3) is 5.43. The smallest absolute Gasteiger partial charge is 0.0906 e. The molecule has 0 fully saturated rings. The zero-order chi connectivity index (χ0) is 9.56. The number of halogens is 1. The molecule has 0 saturated heterocycles. The molecule has 2 nitrogen and oxygen atoms in total. The van der Waals surface area contributed by atoms with Crippen molar-refractivity contribution in [2.45, 2.75) is 25.8 Å². The summed E-state index contributed by atoms with van der Waals surface area (Å²) in [6.07, 6.45) is 1.29. The Hall–Kier alpha value is -0.220. The molecule has 0 amide bonds. The number of hydrogen-bond donors (Lipinski definition) is 1. The molecular formula is C8H17FN2S. The maximum Gasteiger partial charge on any atom is 0.0906 e. The molecule has 2 N–H and O–H groups in total. The fraction of sp³-hybridized carbons (Fsp3) is 0.875. The van der Waals surface area contributed by atoms with E-state index in [1.807, 2.05) is 14.0 Å². The van der Waals surface area contributed by atoms with Gasteiger partial charge in [-0.15, -0.1) is 0 Å². The summed E-state index contributed by atoms with van der Waals surface area (Å²) in [7, 11) is 1.96.